The van der Waals surface area contributed by atoms with Gasteiger partial charge in [0, 0.05) is 12.6 Å². The molecule has 0 saturated heterocycles. The average Bonchev–Trinajstić information content (AvgIpc) is 2.93. The molecule has 0 aromatic rings. The molecule has 0 radical (unpaired) electrons. The zero-order valence-corrected chi connectivity index (χ0v) is 10.6. The lowest BCUT2D eigenvalue weighted by atomic mass is 10.0. The fraction of sp³-hybridized carbons (Fsp3) is 0.923. The highest BCUT2D eigenvalue weighted by atomic mass is 16.5. The Kier molecular flexibility index (Phi) is 4.05. The van der Waals surface area contributed by atoms with E-state index in [4.69, 9.17) is 4.74 Å². The number of hydrogen-bond acceptors (Lipinski definition) is 3. The molecule has 0 aromatic heterocycles. The molecule has 2 aliphatic carbocycles. The van der Waals surface area contributed by atoms with Crippen molar-refractivity contribution in [2.24, 2.45) is 5.92 Å². The highest BCUT2D eigenvalue weighted by molar-refractivity contribution is 5.78. The third-order valence-corrected chi connectivity index (χ3v) is 3.79. The molecule has 2 rings (SSSR count). The summed E-state index contributed by atoms with van der Waals surface area (Å²) in [4.78, 5) is 11.3. The predicted octanol–water partition coefficient (Wildman–Crippen LogP) is 1.79. The Labute approximate surface area is 103 Å². The van der Waals surface area contributed by atoms with E-state index in [0.717, 1.165) is 19.4 Å². The Morgan fingerprint density at radius 3 is 2.53 bits per heavy atom. The third kappa shape index (κ3) is 3.68. The second-order valence-corrected chi connectivity index (χ2v) is 5.72. The molecular formula is C13H23NO3. The number of rotatable bonds is 7. The highest BCUT2D eigenvalue weighted by Crippen LogP contribution is 2.26. The molecule has 1 atom stereocenters. The SMILES string of the molecule is CC(COCC1CCCC1)(NC1CC1)C(=O)O. The third-order valence-electron chi connectivity index (χ3n) is 3.79. The molecule has 0 heterocycles. The summed E-state index contributed by atoms with van der Waals surface area (Å²) >= 11 is 0. The summed E-state index contributed by atoms with van der Waals surface area (Å²) in [6.45, 7) is 2.72. The number of nitrogens with one attached hydrogen (secondary N) is 1. The second-order valence-electron chi connectivity index (χ2n) is 5.72. The minimum absolute atomic E-state index is 0.273. The number of aliphatic carboxylic acids is 1. The summed E-state index contributed by atoms with van der Waals surface area (Å²) in [5.74, 6) is -0.162. The molecule has 4 heteroatoms. The molecule has 0 aliphatic heterocycles. The van der Waals surface area contributed by atoms with Gasteiger partial charge >= 0.3 is 5.97 Å². The maximum atomic E-state index is 11.3. The van der Waals surface area contributed by atoms with Crippen molar-refractivity contribution in [3.05, 3.63) is 0 Å². The lowest BCUT2D eigenvalue weighted by Gasteiger charge is -2.26. The second kappa shape index (κ2) is 5.36. The molecule has 17 heavy (non-hydrogen) atoms. The van der Waals surface area contributed by atoms with Crippen LogP contribution in [0.5, 0.6) is 0 Å². The molecule has 0 aromatic carbocycles. The number of carboxylic acids is 1. The predicted molar refractivity (Wildman–Crippen MR) is 65.0 cm³/mol. The quantitative estimate of drug-likeness (QED) is 0.713. The van der Waals surface area contributed by atoms with Gasteiger partial charge in [-0.15, -0.1) is 0 Å². The summed E-state index contributed by atoms with van der Waals surface area (Å²) in [6, 6.07) is 0.381. The zero-order valence-electron chi connectivity index (χ0n) is 10.6. The summed E-state index contributed by atoms with van der Waals surface area (Å²) in [7, 11) is 0. The molecule has 0 spiro atoms. The van der Waals surface area contributed by atoms with Crippen LogP contribution in [0.1, 0.15) is 45.4 Å². The van der Waals surface area contributed by atoms with Gasteiger partial charge in [0.15, 0.2) is 0 Å². The van der Waals surface area contributed by atoms with E-state index in [1.165, 1.54) is 25.7 Å². The molecule has 0 bridgehead atoms. The van der Waals surface area contributed by atoms with Crippen molar-refractivity contribution >= 4 is 5.97 Å². The van der Waals surface area contributed by atoms with Crippen LogP contribution in [0.2, 0.25) is 0 Å². The number of carboxylic acid groups (broad SMARTS) is 1. The first-order chi connectivity index (χ1) is 8.10. The van der Waals surface area contributed by atoms with Crippen molar-refractivity contribution in [2.45, 2.75) is 57.0 Å². The number of ether oxygens (including phenoxy) is 1. The van der Waals surface area contributed by atoms with Crippen LogP contribution in [0.4, 0.5) is 0 Å². The van der Waals surface area contributed by atoms with Crippen molar-refractivity contribution in [2.75, 3.05) is 13.2 Å². The van der Waals surface area contributed by atoms with Crippen LogP contribution < -0.4 is 5.32 Å². The van der Waals surface area contributed by atoms with Gasteiger partial charge in [-0.25, -0.2) is 0 Å². The molecule has 4 nitrogen and oxygen atoms in total. The van der Waals surface area contributed by atoms with Crippen molar-refractivity contribution in [3.8, 4) is 0 Å². The minimum atomic E-state index is -0.917. The van der Waals surface area contributed by atoms with E-state index in [2.05, 4.69) is 5.32 Å². The van der Waals surface area contributed by atoms with Crippen LogP contribution in [-0.2, 0) is 9.53 Å². The fourth-order valence-electron chi connectivity index (χ4n) is 2.45. The molecule has 0 amide bonds. The van der Waals surface area contributed by atoms with Crippen molar-refractivity contribution < 1.29 is 14.6 Å². The smallest absolute Gasteiger partial charge is 0.326 e. The molecule has 2 saturated carbocycles. The molecule has 98 valence electrons. The average molecular weight is 241 g/mol. The van der Waals surface area contributed by atoms with Crippen molar-refractivity contribution in [3.63, 3.8) is 0 Å². The molecule has 2 N–H and O–H groups in total. The van der Waals surface area contributed by atoms with Gasteiger partial charge in [-0.2, -0.15) is 0 Å². The van der Waals surface area contributed by atoms with Gasteiger partial charge in [-0.3, -0.25) is 10.1 Å². The fourth-order valence-corrected chi connectivity index (χ4v) is 2.45. The van der Waals surface area contributed by atoms with Crippen LogP contribution >= 0.6 is 0 Å². The topological polar surface area (TPSA) is 58.6 Å². The molecule has 2 fully saturated rings. The van der Waals surface area contributed by atoms with E-state index in [9.17, 15) is 9.90 Å². The first kappa shape index (κ1) is 12.8. The van der Waals surface area contributed by atoms with E-state index in [1.54, 1.807) is 6.92 Å². The maximum Gasteiger partial charge on any atom is 0.326 e. The van der Waals surface area contributed by atoms with Crippen LogP contribution in [-0.4, -0.2) is 35.9 Å². The Hall–Kier alpha value is -0.610. The van der Waals surface area contributed by atoms with Gasteiger partial charge in [0.05, 0.1) is 6.61 Å². The lowest BCUT2D eigenvalue weighted by molar-refractivity contribution is -0.147. The molecular weight excluding hydrogens is 218 g/mol. The minimum Gasteiger partial charge on any atom is -0.480 e. The van der Waals surface area contributed by atoms with Crippen molar-refractivity contribution in [1.29, 1.82) is 0 Å². The van der Waals surface area contributed by atoms with Gasteiger partial charge < -0.3 is 9.84 Å². The number of hydrogen-bond donors (Lipinski definition) is 2. The van der Waals surface area contributed by atoms with Crippen LogP contribution in [0.15, 0.2) is 0 Å². The highest BCUT2D eigenvalue weighted by Gasteiger charge is 2.38. The monoisotopic (exact) mass is 241 g/mol. The van der Waals surface area contributed by atoms with E-state index in [0.29, 0.717) is 12.0 Å². The van der Waals surface area contributed by atoms with E-state index in [-0.39, 0.29) is 6.61 Å². The normalized spacial score (nSPS) is 24.8. The molecule has 1 unspecified atom stereocenters. The van der Waals surface area contributed by atoms with E-state index >= 15 is 0 Å². The summed E-state index contributed by atoms with van der Waals surface area (Å²) in [5.41, 5.74) is -0.917. The van der Waals surface area contributed by atoms with Gasteiger partial charge in [0.25, 0.3) is 0 Å². The largest absolute Gasteiger partial charge is 0.480 e. The van der Waals surface area contributed by atoms with Gasteiger partial charge in [-0.1, -0.05) is 12.8 Å². The lowest BCUT2D eigenvalue weighted by Crippen LogP contribution is -2.54. The Morgan fingerprint density at radius 2 is 2.00 bits per heavy atom. The van der Waals surface area contributed by atoms with Gasteiger partial charge in [0.2, 0.25) is 0 Å². The first-order valence-corrected chi connectivity index (χ1v) is 6.69. The van der Waals surface area contributed by atoms with Crippen LogP contribution in [0, 0.1) is 5.92 Å². The summed E-state index contributed by atoms with van der Waals surface area (Å²) in [5, 5.41) is 12.4. The van der Waals surface area contributed by atoms with Crippen LogP contribution in [0.3, 0.4) is 0 Å². The zero-order chi connectivity index (χ0) is 12.3. The summed E-state index contributed by atoms with van der Waals surface area (Å²) in [6.07, 6.45) is 7.24. The van der Waals surface area contributed by atoms with Crippen molar-refractivity contribution in [1.82, 2.24) is 5.32 Å². The Morgan fingerprint density at radius 1 is 1.35 bits per heavy atom. The first-order valence-electron chi connectivity index (χ1n) is 6.69. The number of carbonyl (C=O) groups is 1. The molecule has 2 aliphatic rings. The summed E-state index contributed by atoms with van der Waals surface area (Å²) < 4.78 is 5.63. The standard InChI is InChI=1S/C13H23NO3/c1-13(12(15)16,14-11-6-7-11)9-17-8-10-4-2-3-5-10/h10-11,14H,2-9H2,1H3,(H,15,16). The van der Waals surface area contributed by atoms with Gasteiger partial charge in [0.1, 0.15) is 5.54 Å². The van der Waals surface area contributed by atoms with Crippen LogP contribution in [0.25, 0.3) is 0 Å². The Balaban J connectivity index is 1.73. The maximum absolute atomic E-state index is 11.3. The Bertz CT molecular complexity index is 272. The van der Waals surface area contributed by atoms with E-state index in [1.807, 2.05) is 0 Å². The van der Waals surface area contributed by atoms with Gasteiger partial charge in [-0.05, 0) is 38.5 Å². The van der Waals surface area contributed by atoms with E-state index < -0.39 is 11.5 Å².